The summed E-state index contributed by atoms with van der Waals surface area (Å²) in [7, 11) is 0. The highest BCUT2D eigenvalue weighted by Gasteiger charge is 2.23. The minimum Gasteiger partial charge on any atom is -0.333 e. The Balaban J connectivity index is 1.33. The number of hydrogen-bond acceptors (Lipinski definition) is 0. The summed E-state index contributed by atoms with van der Waals surface area (Å²) in [5, 5.41) is 5.26. The summed E-state index contributed by atoms with van der Waals surface area (Å²) < 4.78 is 5.02. The SMILES string of the molecule is C1=CC(C2=CCC(n3c4cc(-c5ccccc5)ccc4c4c5c6ccccc6n(-c6ccccc6)c5ccc43)C=C2)=CCC1. The second kappa shape index (κ2) is 10.1. The zero-order valence-electron chi connectivity index (χ0n) is 24.5. The van der Waals surface area contributed by atoms with Gasteiger partial charge in [0.15, 0.2) is 0 Å². The summed E-state index contributed by atoms with van der Waals surface area (Å²) in [5.74, 6) is 0. The van der Waals surface area contributed by atoms with Crippen molar-refractivity contribution in [3.8, 4) is 16.8 Å². The van der Waals surface area contributed by atoms with Gasteiger partial charge in [0.25, 0.3) is 0 Å². The third-order valence-electron chi connectivity index (χ3n) is 9.46. The van der Waals surface area contributed by atoms with Crippen molar-refractivity contribution in [2.75, 3.05) is 0 Å². The molecule has 0 bridgehead atoms. The predicted molar refractivity (Wildman–Crippen MR) is 187 cm³/mol. The van der Waals surface area contributed by atoms with E-state index in [1.807, 2.05) is 0 Å². The number of nitrogens with zero attached hydrogens (tertiary/aromatic N) is 2. The van der Waals surface area contributed by atoms with Crippen molar-refractivity contribution in [1.29, 1.82) is 0 Å². The van der Waals surface area contributed by atoms with Crippen LogP contribution in [0.1, 0.15) is 25.3 Å². The molecule has 2 aliphatic carbocycles. The summed E-state index contributed by atoms with van der Waals surface area (Å²) in [4.78, 5) is 0. The topological polar surface area (TPSA) is 9.86 Å². The standard InChI is InChI=1S/C42H32N2/c1-4-12-29(13-5-1)31-20-23-34(24-21-31)44-39-27-26-38-41(35-18-10-11-19-37(35)43(38)33-16-8-3-9-17-33)42(39)36-25-22-32(28-40(36)44)30-14-6-2-7-15-30/h2-4,6-23,25-28,34H,1,5,24H2. The van der Waals surface area contributed by atoms with E-state index < -0.39 is 0 Å². The van der Waals surface area contributed by atoms with Gasteiger partial charge in [0, 0.05) is 27.2 Å². The van der Waals surface area contributed by atoms with Gasteiger partial charge in [-0.3, -0.25) is 0 Å². The maximum absolute atomic E-state index is 2.60. The molecule has 0 saturated heterocycles. The lowest BCUT2D eigenvalue weighted by Crippen LogP contribution is -2.08. The highest BCUT2D eigenvalue weighted by molar-refractivity contribution is 6.28. The van der Waals surface area contributed by atoms with Crippen molar-refractivity contribution in [3.05, 3.63) is 163 Å². The molecule has 7 aromatic rings. The molecule has 0 amide bonds. The Kier molecular flexibility index (Phi) is 5.80. The molecular formula is C42H32N2. The van der Waals surface area contributed by atoms with Crippen LogP contribution in [-0.2, 0) is 0 Å². The van der Waals surface area contributed by atoms with E-state index in [1.165, 1.54) is 71.6 Å². The molecule has 1 unspecified atom stereocenters. The first kappa shape index (κ1) is 25.2. The normalized spacial score (nSPS) is 16.7. The summed E-state index contributed by atoms with van der Waals surface area (Å²) in [6, 6.07) is 42.4. The molecule has 0 aliphatic heterocycles. The van der Waals surface area contributed by atoms with E-state index in [-0.39, 0.29) is 6.04 Å². The summed E-state index contributed by atoms with van der Waals surface area (Å²) in [5.41, 5.74) is 11.4. The summed E-state index contributed by atoms with van der Waals surface area (Å²) in [6.07, 6.45) is 17.4. The van der Waals surface area contributed by atoms with Gasteiger partial charge in [-0.2, -0.15) is 0 Å². The fourth-order valence-electron chi connectivity index (χ4n) is 7.46. The predicted octanol–water partition coefficient (Wildman–Crippen LogP) is 11.3. The highest BCUT2D eigenvalue weighted by Crippen LogP contribution is 2.44. The van der Waals surface area contributed by atoms with E-state index >= 15 is 0 Å². The molecule has 210 valence electrons. The van der Waals surface area contributed by atoms with Crippen LogP contribution in [0.2, 0.25) is 0 Å². The van der Waals surface area contributed by atoms with Crippen molar-refractivity contribution in [2.24, 2.45) is 0 Å². The third-order valence-corrected chi connectivity index (χ3v) is 9.46. The van der Waals surface area contributed by atoms with Crippen LogP contribution in [0, 0.1) is 0 Å². The van der Waals surface area contributed by atoms with Crippen LogP contribution in [0.5, 0.6) is 0 Å². The lowest BCUT2D eigenvalue weighted by atomic mass is 9.93. The first-order valence-electron chi connectivity index (χ1n) is 15.7. The third kappa shape index (κ3) is 3.88. The van der Waals surface area contributed by atoms with Crippen molar-refractivity contribution >= 4 is 43.6 Å². The van der Waals surface area contributed by atoms with E-state index in [1.54, 1.807) is 0 Å². The molecule has 0 fully saturated rings. The van der Waals surface area contributed by atoms with Gasteiger partial charge in [0.05, 0.1) is 28.1 Å². The van der Waals surface area contributed by atoms with Crippen LogP contribution in [-0.4, -0.2) is 9.13 Å². The molecule has 2 nitrogen and oxygen atoms in total. The van der Waals surface area contributed by atoms with Crippen LogP contribution in [0.25, 0.3) is 60.4 Å². The minimum atomic E-state index is 0.234. The van der Waals surface area contributed by atoms with Crippen LogP contribution in [0.3, 0.4) is 0 Å². The molecule has 0 spiro atoms. The van der Waals surface area contributed by atoms with Crippen molar-refractivity contribution < 1.29 is 0 Å². The van der Waals surface area contributed by atoms with Gasteiger partial charge in [0.2, 0.25) is 0 Å². The molecule has 0 N–H and O–H groups in total. The molecule has 2 aliphatic rings. The van der Waals surface area contributed by atoms with E-state index in [9.17, 15) is 0 Å². The Labute approximate surface area is 257 Å². The lowest BCUT2D eigenvalue weighted by Gasteiger charge is -2.22. The molecule has 2 heteroatoms. The number of fused-ring (bicyclic) bond motifs is 7. The molecular weight excluding hydrogens is 532 g/mol. The highest BCUT2D eigenvalue weighted by atomic mass is 15.0. The van der Waals surface area contributed by atoms with Gasteiger partial charge < -0.3 is 9.13 Å². The van der Waals surface area contributed by atoms with E-state index in [0.29, 0.717) is 0 Å². The zero-order chi connectivity index (χ0) is 29.0. The second-order valence-electron chi connectivity index (χ2n) is 12.0. The summed E-state index contributed by atoms with van der Waals surface area (Å²) >= 11 is 0. The molecule has 5 aromatic carbocycles. The number of benzene rings is 5. The molecule has 44 heavy (non-hydrogen) atoms. The molecule has 0 saturated carbocycles. The van der Waals surface area contributed by atoms with Crippen molar-refractivity contribution in [1.82, 2.24) is 9.13 Å². The Hall–Kier alpha value is -5.34. The van der Waals surface area contributed by atoms with Crippen LogP contribution in [0.4, 0.5) is 0 Å². The first-order valence-corrected chi connectivity index (χ1v) is 15.7. The monoisotopic (exact) mass is 564 g/mol. The van der Waals surface area contributed by atoms with Gasteiger partial charge in [-0.1, -0.05) is 115 Å². The lowest BCUT2D eigenvalue weighted by molar-refractivity contribution is 0.645. The molecule has 0 radical (unpaired) electrons. The van der Waals surface area contributed by atoms with Gasteiger partial charge in [-0.15, -0.1) is 0 Å². The number of para-hydroxylation sites is 2. The maximum atomic E-state index is 2.60. The average Bonchev–Trinajstić information content (AvgIpc) is 3.62. The fourth-order valence-corrected chi connectivity index (χ4v) is 7.46. The van der Waals surface area contributed by atoms with Gasteiger partial charge >= 0.3 is 0 Å². The number of rotatable bonds is 4. The quantitative estimate of drug-likeness (QED) is 0.201. The number of allylic oxidation sites excluding steroid dienone is 8. The number of hydrogen-bond donors (Lipinski definition) is 0. The van der Waals surface area contributed by atoms with E-state index in [4.69, 9.17) is 0 Å². The van der Waals surface area contributed by atoms with Crippen LogP contribution >= 0.6 is 0 Å². The van der Waals surface area contributed by atoms with Gasteiger partial charge in [-0.05, 0) is 77.9 Å². The van der Waals surface area contributed by atoms with Gasteiger partial charge in [0.1, 0.15) is 0 Å². The van der Waals surface area contributed by atoms with E-state index in [0.717, 1.165) is 19.3 Å². The second-order valence-corrected chi connectivity index (χ2v) is 12.0. The molecule has 2 aromatic heterocycles. The Bertz CT molecular complexity index is 2340. The molecule has 2 heterocycles. The Morgan fingerprint density at radius 1 is 0.523 bits per heavy atom. The first-order chi connectivity index (χ1) is 21.8. The fraction of sp³-hybridized carbons (Fsp3) is 0.0952. The Morgan fingerprint density at radius 3 is 2.05 bits per heavy atom. The maximum Gasteiger partial charge on any atom is 0.0560 e. The van der Waals surface area contributed by atoms with E-state index in [2.05, 4.69) is 161 Å². The van der Waals surface area contributed by atoms with Crippen molar-refractivity contribution in [2.45, 2.75) is 25.3 Å². The number of aromatic nitrogens is 2. The Morgan fingerprint density at radius 2 is 1.25 bits per heavy atom. The van der Waals surface area contributed by atoms with Gasteiger partial charge in [-0.25, -0.2) is 0 Å². The molecule has 9 rings (SSSR count). The molecule has 1 atom stereocenters. The zero-order valence-corrected chi connectivity index (χ0v) is 24.5. The van der Waals surface area contributed by atoms with Crippen molar-refractivity contribution in [3.63, 3.8) is 0 Å². The minimum absolute atomic E-state index is 0.234. The van der Waals surface area contributed by atoms with Crippen LogP contribution < -0.4 is 0 Å². The summed E-state index contributed by atoms with van der Waals surface area (Å²) in [6.45, 7) is 0. The average molecular weight is 565 g/mol. The van der Waals surface area contributed by atoms with Crippen LogP contribution in [0.15, 0.2) is 163 Å². The smallest absolute Gasteiger partial charge is 0.0560 e. The largest absolute Gasteiger partial charge is 0.333 e.